The van der Waals surface area contributed by atoms with E-state index in [0.717, 1.165) is 36.9 Å². The van der Waals surface area contributed by atoms with Crippen molar-refractivity contribution < 1.29 is 24.5 Å². The average Bonchev–Trinajstić information content (AvgIpc) is 2.99. The van der Waals surface area contributed by atoms with Crippen molar-refractivity contribution in [3.05, 3.63) is 106 Å². The van der Waals surface area contributed by atoms with Gasteiger partial charge in [-0.3, -0.25) is 9.59 Å². The Morgan fingerprint density at radius 1 is 0.930 bits per heavy atom. The highest BCUT2D eigenvalue weighted by Crippen LogP contribution is 2.30. The summed E-state index contributed by atoms with van der Waals surface area (Å²) in [4.78, 5) is 29.3. The Morgan fingerprint density at radius 3 is 2.51 bits per heavy atom. The zero-order valence-corrected chi connectivity index (χ0v) is 24.8. The minimum Gasteiger partial charge on any atom is -0.506 e. The van der Waals surface area contributed by atoms with Crippen LogP contribution in [0.25, 0.3) is 10.9 Å². The number of hydrogen-bond donors (Lipinski definition) is 4. The molecule has 43 heavy (non-hydrogen) atoms. The van der Waals surface area contributed by atoms with Gasteiger partial charge in [0.2, 0.25) is 5.56 Å². The third-order valence-corrected chi connectivity index (χ3v) is 7.21. The third-order valence-electron chi connectivity index (χ3n) is 7.21. The molecule has 0 aliphatic rings. The van der Waals surface area contributed by atoms with E-state index in [-0.39, 0.29) is 17.3 Å². The van der Waals surface area contributed by atoms with Gasteiger partial charge in [-0.2, -0.15) is 0 Å². The quantitative estimate of drug-likeness (QED) is 0.113. The Bertz CT molecular complexity index is 1520. The number of aromatic amines is 1. The highest BCUT2D eigenvalue weighted by atomic mass is 16.5. The number of phenolic OH excluding ortho intramolecular Hbond substituents is 1. The van der Waals surface area contributed by atoms with Crippen LogP contribution in [0.1, 0.15) is 48.0 Å². The van der Waals surface area contributed by atoms with Crippen LogP contribution in [0, 0.1) is 0 Å². The van der Waals surface area contributed by atoms with E-state index in [1.54, 1.807) is 12.1 Å². The van der Waals surface area contributed by atoms with Gasteiger partial charge < -0.3 is 34.9 Å². The molecule has 0 saturated carbocycles. The average molecular weight is 588 g/mol. The molecule has 1 aromatic heterocycles. The van der Waals surface area contributed by atoms with Crippen molar-refractivity contribution >= 4 is 16.9 Å². The number of nitrogens with one attached hydrogen (secondary N) is 2. The van der Waals surface area contributed by atoms with Crippen LogP contribution >= 0.6 is 0 Å². The predicted octanol–water partition coefficient (Wildman–Crippen LogP) is 4.34. The molecule has 2 atom stereocenters. The number of carbonyl (C=O) groups is 1. The molecule has 9 heteroatoms. The molecule has 3 aromatic carbocycles. The molecule has 0 radical (unpaired) electrons. The molecule has 0 fully saturated rings. The molecule has 1 heterocycles. The topological polar surface area (TPSA) is 124 Å². The van der Waals surface area contributed by atoms with Crippen LogP contribution in [0.2, 0.25) is 0 Å². The number of phenols is 1. The van der Waals surface area contributed by atoms with E-state index in [9.17, 15) is 19.8 Å². The maximum absolute atomic E-state index is 13.1. The molecule has 0 spiro atoms. The van der Waals surface area contributed by atoms with Crippen molar-refractivity contribution in [2.24, 2.45) is 0 Å². The molecule has 0 aliphatic heterocycles. The van der Waals surface area contributed by atoms with Gasteiger partial charge in [-0.05, 0) is 80.9 Å². The van der Waals surface area contributed by atoms with Gasteiger partial charge in [0, 0.05) is 24.5 Å². The number of fused-ring (bicyclic) bond motifs is 1. The molecule has 0 saturated heterocycles. The van der Waals surface area contributed by atoms with Crippen LogP contribution in [0.3, 0.4) is 0 Å². The summed E-state index contributed by atoms with van der Waals surface area (Å²) in [6.07, 6.45) is 1.93. The number of aliphatic hydroxyl groups excluding tert-OH is 1. The standard InChI is InChI=1S/C34H41N3O6/c1-37(2)19-21-43-34(41)32(24-10-5-3-6-11-24)25-12-9-13-26(22-25)42-20-8-4-7-18-35-23-30(39)27-14-16-29(38)33-28(27)15-17-31(40)36-33/h3,5-6,9-17,22,30,32,35,38-39H,4,7-8,18-21,23H2,1-2H3,(H,36,40)/t30-,32?/m0/s1. The summed E-state index contributed by atoms with van der Waals surface area (Å²) in [5, 5.41) is 24.6. The second-order valence-electron chi connectivity index (χ2n) is 10.8. The SMILES string of the molecule is CN(C)CCOC(=O)C(c1ccccc1)c1cccc(OCCCCCNC[C@H](O)c2ccc(O)c3[nH]c(=O)ccc23)c1. The van der Waals surface area contributed by atoms with Crippen LogP contribution < -0.4 is 15.6 Å². The number of ether oxygens (including phenoxy) is 2. The normalized spacial score (nSPS) is 12.7. The lowest BCUT2D eigenvalue weighted by Crippen LogP contribution is -2.23. The summed E-state index contributed by atoms with van der Waals surface area (Å²) >= 11 is 0. The van der Waals surface area contributed by atoms with Gasteiger partial charge >= 0.3 is 5.97 Å². The van der Waals surface area contributed by atoms with Crippen molar-refractivity contribution in [3.8, 4) is 11.5 Å². The van der Waals surface area contributed by atoms with Crippen molar-refractivity contribution in [2.75, 3.05) is 46.9 Å². The summed E-state index contributed by atoms with van der Waals surface area (Å²) in [6, 6.07) is 23.4. The zero-order chi connectivity index (χ0) is 30.6. The van der Waals surface area contributed by atoms with E-state index >= 15 is 0 Å². The molecule has 1 unspecified atom stereocenters. The first-order valence-electron chi connectivity index (χ1n) is 14.7. The van der Waals surface area contributed by atoms with Crippen LogP contribution in [0.15, 0.2) is 83.7 Å². The minimum atomic E-state index is -0.783. The number of aromatic nitrogens is 1. The smallest absolute Gasteiger partial charge is 0.317 e. The highest BCUT2D eigenvalue weighted by molar-refractivity contribution is 5.87. The van der Waals surface area contributed by atoms with E-state index in [0.29, 0.717) is 48.5 Å². The molecule has 0 aliphatic carbocycles. The van der Waals surface area contributed by atoms with E-state index in [2.05, 4.69) is 10.3 Å². The van der Waals surface area contributed by atoms with Crippen molar-refractivity contribution in [1.82, 2.24) is 15.2 Å². The van der Waals surface area contributed by atoms with E-state index in [1.807, 2.05) is 73.6 Å². The Morgan fingerprint density at radius 2 is 1.72 bits per heavy atom. The van der Waals surface area contributed by atoms with Crippen LogP contribution in [-0.2, 0) is 9.53 Å². The number of hydrogen-bond acceptors (Lipinski definition) is 8. The number of esters is 1. The highest BCUT2D eigenvalue weighted by Gasteiger charge is 2.25. The van der Waals surface area contributed by atoms with Gasteiger partial charge in [-0.1, -0.05) is 48.5 Å². The lowest BCUT2D eigenvalue weighted by atomic mass is 9.91. The predicted molar refractivity (Wildman–Crippen MR) is 168 cm³/mol. The Labute approximate surface area is 252 Å². The minimum absolute atomic E-state index is 0.0281. The number of aromatic hydroxyl groups is 1. The van der Waals surface area contributed by atoms with E-state index in [4.69, 9.17) is 9.47 Å². The Kier molecular flexibility index (Phi) is 11.7. The van der Waals surface area contributed by atoms with Gasteiger partial charge in [-0.25, -0.2) is 0 Å². The molecular weight excluding hydrogens is 546 g/mol. The van der Waals surface area contributed by atoms with Crippen LogP contribution in [0.5, 0.6) is 11.5 Å². The first-order valence-corrected chi connectivity index (χ1v) is 14.7. The summed E-state index contributed by atoms with van der Waals surface area (Å²) < 4.78 is 11.6. The third kappa shape index (κ3) is 9.15. The molecule has 4 rings (SSSR count). The first-order chi connectivity index (χ1) is 20.8. The Balaban J connectivity index is 1.22. The fourth-order valence-corrected chi connectivity index (χ4v) is 4.92. The molecule has 0 amide bonds. The lowest BCUT2D eigenvalue weighted by Gasteiger charge is -2.19. The van der Waals surface area contributed by atoms with Gasteiger partial charge in [-0.15, -0.1) is 0 Å². The van der Waals surface area contributed by atoms with E-state index in [1.165, 1.54) is 12.1 Å². The number of likely N-dealkylation sites (N-methyl/N-ethyl adjacent to an activating group) is 1. The monoisotopic (exact) mass is 587 g/mol. The molecule has 4 aromatic rings. The number of nitrogens with zero attached hydrogens (tertiary/aromatic N) is 1. The fraction of sp³-hybridized carbons (Fsp3) is 0.353. The van der Waals surface area contributed by atoms with Crippen LogP contribution in [-0.4, -0.2) is 73.0 Å². The van der Waals surface area contributed by atoms with Gasteiger partial charge in [0.15, 0.2) is 0 Å². The van der Waals surface area contributed by atoms with Crippen molar-refractivity contribution in [1.29, 1.82) is 0 Å². The molecule has 4 N–H and O–H groups in total. The summed E-state index contributed by atoms with van der Waals surface area (Å²) in [7, 11) is 3.88. The van der Waals surface area contributed by atoms with Gasteiger partial charge in [0.05, 0.1) is 18.2 Å². The number of unbranched alkanes of at least 4 members (excludes halogenated alkanes) is 2. The number of aliphatic hydroxyl groups is 1. The zero-order valence-electron chi connectivity index (χ0n) is 24.8. The van der Waals surface area contributed by atoms with Crippen LogP contribution in [0.4, 0.5) is 0 Å². The maximum Gasteiger partial charge on any atom is 0.317 e. The summed E-state index contributed by atoms with van der Waals surface area (Å²) in [5.41, 5.74) is 2.36. The van der Waals surface area contributed by atoms with Gasteiger partial charge in [0.25, 0.3) is 0 Å². The molecule has 9 nitrogen and oxygen atoms in total. The summed E-state index contributed by atoms with van der Waals surface area (Å²) in [6.45, 7) is 2.61. The second-order valence-corrected chi connectivity index (χ2v) is 10.8. The number of H-pyrrole nitrogens is 1. The largest absolute Gasteiger partial charge is 0.506 e. The number of benzene rings is 3. The fourth-order valence-electron chi connectivity index (χ4n) is 4.92. The molecule has 228 valence electrons. The lowest BCUT2D eigenvalue weighted by molar-refractivity contribution is -0.144. The molecule has 0 bridgehead atoms. The van der Waals surface area contributed by atoms with E-state index < -0.39 is 12.0 Å². The van der Waals surface area contributed by atoms with Crippen molar-refractivity contribution in [3.63, 3.8) is 0 Å². The number of rotatable bonds is 16. The van der Waals surface area contributed by atoms with Gasteiger partial charge in [0.1, 0.15) is 24.0 Å². The van der Waals surface area contributed by atoms with Crippen molar-refractivity contribution in [2.45, 2.75) is 31.3 Å². The number of pyridine rings is 1. The first kappa shape index (κ1) is 31.7. The number of carbonyl (C=O) groups excluding carboxylic acids is 1. The second kappa shape index (κ2) is 15.9. The summed E-state index contributed by atoms with van der Waals surface area (Å²) in [5.74, 6) is -0.130. The maximum atomic E-state index is 13.1. The molecular formula is C34H41N3O6. The Hall–Kier alpha value is -4.18.